The van der Waals surface area contributed by atoms with E-state index in [0.717, 1.165) is 25.7 Å². The predicted molar refractivity (Wildman–Crippen MR) is 161 cm³/mol. The molecule has 0 aromatic heterocycles. The number of benzene rings is 1. The SMILES string of the molecule is COc1cc(CO)cc(I)c1OC1C=C(C(=O)NCCO)CC(N(CC2CCCCC2)C(=O)CCCC(C)=O)C1O. The van der Waals surface area contributed by atoms with Crippen molar-refractivity contribution < 1.29 is 39.2 Å². The number of carbonyl (C=O) groups excluding carboxylic acids is 3. The van der Waals surface area contributed by atoms with Gasteiger partial charge in [0.25, 0.3) is 0 Å². The van der Waals surface area contributed by atoms with Gasteiger partial charge in [-0.2, -0.15) is 0 Å². The van der Waals surface area contributed by atoms with Crippen molar-refractivity contribution in [2.75, 3.05) is 26.8 Å². The number of ether oxygens (including phenoxy) is 2. The summed E-state index contributed by atoms with van der Waals surface area (Å²) in [5.41, 5.74) is 0.986. The predicted octanol–water partition coefficient (Wildman–Crippen LogP) is 2.88. The molecule has 2 aliphatic rings. The molecule has 10 nitrogen and oxygen atoms in total. The van der Waals surface area contributed by atoms with Crippen molar-refractivity contribution in [1.29, 1.82) is 0 Å². The van der Waals surface area contributed by atoms with E-state index in [1.54, 1.807) is 23.1 Å². The number of nitrogens with zero attached hydrogens (tertiary/aromatic N) is 1. The van der Waals surface area contributed by atoms with Crippen molar-refractivity contribution in [3.8, 4) is 11.5 Å². The number of halogens is 1. The molecule has 2 aliphatic carbocycles. The number of Topliss-reactive ketones (excluding diaryl/α,β-unsaturated/α-hetero) is 1. The van der Waals surface area contributed by atoms with Gasteiger partial charge in [0.05, 0.1) is 29.9 Å². The van der Waals surface area contributed by atoms with E-state index in [9.17, 15) is 29.7 Å². The van der Waals surface area contributed by atoms with Crippen molar-refractivity contribution in [3.63, 3.8) is 0 Å². The van der Waals surface area contributed by atoms with Crippen LogP contribution in [0.4, 0.5) is 0 Å². The molecular formula is C30H43IN2O8. The summed E-state index contributed by atoms with van der Waals surface area (Å²) in [5.74, 6) is 0.475. The Labute approximate surface area is 255 Å². The fraction of sp³-hybridized carbons (Fsp3) is 0.633. The summed E-state index contributed by atoms with van der Waals surface area (Å²) in [6, 6.07) is 2.67. The lowest BCUT2D eigenvalue weighted by molar-refractivity contribution is -0.140. The van der Waals surface area contributed by atoms with Crippen LogP contribution in [0.3, 0.4) is 0 Å². The highest BCUT2D eigenvalue weighted by Gasteiger charge is 2.41. The first kappa shape index (κ1) is 33.3. The number of nitrogens with one attached hydrogen (secondary N) is 1. The van der Waals surface area contributed by atoms with Crippen molar-refractivity contribution in [3.05, 3.63) is 32.9 Å². The van der Waals surface area contributed by atoms with Gasteiger partial charge in [-0.15, -0.1) is 0 Å². The molecule has 0 heterocycles. The first-order valence-corrected chi connectivity index (χ1v) is 15.5. The van der Waals surface area contributed by atoms with Gasteiger partial charge in [0, 0.05) is 37.9 Å². The van der Waals surface area contributed by atoms with Crippen LogP contribution in [0.5, 0.6) is 11.5 Å². The van der Waals surface area contributed by atoms with Gasteiger partial charge in [-0.25, -0.2) is 0 Å². The number of carbonyl (C=O) groups is 3. The molecule has 4 N–H and O–H groups in total. The Kier molecular flexibility index (Phi) is 13.3. The summed E-state index contributed by atoms with van der Waals surface area (Å²) in [4.78, 5) is 40.0. The number of methoxy groups -OCH3 is 1. The maximum Gasteiger partial charge on any atom is 0.247 e. The molecule has 0 radical (unpaired) electrons. The minimum absolute atomic E-state index is 0.0179. The van der Waals surface area contributed by atoms with Crippen LogP contribution >= 0.6 is 22.6 Å². The van der Waals surface area contributed by atoms with Crippen LogP contribution in [0.25, 0.3) is 0 Å². The van der Waals surface area contributed by atoms with E-state index in [1.807, 2.05) is 0 Å². The van der Waals surface area contributed by atoms with Crippen molar-refractivity contribution in [1.82, 2.24) is 10.2 Å². The van der Waals surface area contributed by atoms with Crippen LogP contribution in [-0.4, -0.2) is 82.9 Å². The van der Waals surface area contributed by atoms with Gasteiger partial charge in [0.1, 0.15) is 18.0 Å². The molecule has 1 fully saturated rings. The molecule has 3 atom stereocenters. The number of ketones is 1. The molecule has 1 aromatic carbocycles. The molecule has 2 amide bonds. The molecule has 3 rings (SSSR count). The second kappa shape index (κ2) is 16.4. The minimum atomic E-state index is -1.15. The molecule has 1 aromatic rings. The third-order valence-corrected chi connectivity index (χ3v) is 8.56. The fourth-order valence-electron chi connectivity index (χ4n) is 5.60. The molecule has 41 heavy (non-hydrogen) atoms. The molecule has 0 spiro atoms. The van der Waals surface area contributed by atoms with E-state index in [1.165, 1.54) is 20.5 Å². The highest BCUT2D eigenvalue weighted by molar-refractivity contribution is 14.1. The van der Waals surface area contributed by atoms with E-state index < -0.39 is 24.2 Å². The molecule has 0 aliphatic heterocycles. The third-order valence-electron chi connectivity index (χ3n) is 7.76. The van der Waals surface area contributed by atoms with Crippen LogP contribution in [-0.2, 0) is 21.0 Å². The number of aliphatic hydroxyl groups excluding tert-OH is 3. The molecule has 3 unspecified atom stereocenters. The van der Waals surface area contributed by atoms with Crippen LogP contribution in [0.2, 0.25) is 0 Å². The summed E-state index contributed by atoms with van der Waals surface area (Å²) < 4.78 is 12.5. The minimum Gasteiger partial charge on any atom is -0.493 e. The summed E-state index contributed by atoms with van der Waals surface area (Å²) >= 11 is 2.07. The smallest absolute Gasteiger partial charge is 0.247 e. The molecule has 1 saturated carbocycles. The molecular weight excluding hydrogens is 643 g/mol. The quantitative estimate of drug-likeness (QED) is 0.219. The lowest BCUT2D eigenvalue weighted by atomic mass is 9.85. The summed E-state index contributed by atoms with van der Waals surface area (Å²) in [7, 11) is 1.48. The zero-order valence-corrected chi connectivity index (χ0v) is 26.1. The largest absolute Gasteiger partial charge is 0.493 e. The van der Waals surface area contributed by atoms with Crippen LogP contribution < -0.4 is 14.8 Å². The van der Waals surface area contributed by atoms with Gasteiger partial charge in [0.15, 0.2) is 11.5 Å². The lowest BCUT2D eigenvalue weighted by Gasteiger charge is -2.42. The fourth-order valence-corrected chi connectivity index (χ4v) is 6.39. The Morgan fingerprint density at radius 2 is 1.85 bits per heavy atom. The van der Waals surface area contributed by atoms with Gasteiger partial charge < -0.3 is 39.8 Å². The first-order chi connectivity index (χ1) is 19.7. The van der Waals surface area contributed by atoms with E-state index >= 15 is 0 Å². The summed E-state index contributed by atoms with van der Waals surface area (Å²) in [6.45, 7) is 1.63. The number of amides is 2. The average Bonchev–Trinajstić information content (AvgIpc) is 2.96. The Morgan fingerprint density at radius 1 is 1.12 bits per heavy atom. The standard InChI is InChI=1S/C30H43IN2O8/c1-19(36)7-6-10-27(37)33(17-20-8-4-3-5-9-20)24-15-22(30(39)32-11-12-34)16-25(28(24)38)41-29-23(31)13-21(18-35)14-26(29)40-2/h13-14,16,20,24-25,28,34-35,38H,3-12,15,17-18H2,1-2H3,(H,32,39). The van der Waals surface area contributed by atoms with Crippen LogP contribution in [0.1, 0.15) is 70.3 Å². The van der Waals surface area contributed by atoms with E-state index in [4.69, 9.17) is 9.47 Å². The number of hydrogen-bond acceptors (Lipinski definition) is 8. The lowest BCUT2D eigenvalue weighted by Crippen LogP contribution is -2.56. The van der Waals surface area contributed by atoms with Gasteiger partial charge in [0.2, 0.25) is 11.8 Å². The van der Waals surface area contributed by atoms with E-state index in [0.29, 0.717) is 45.6 Å². The molecule has 0 saturated heterocycles. The van der Waals surface area contributed by atoms with Crippen molar-refractivity contribution in [2.24, 2.45) is 5.92 Å². The van der Waals surface area contributed by atoms with Crippen molar-refractivity contribution >= 4 is 40.2 Å². The highest BCUT2D eigenvalue weighted by atomic mass is 127. The third kappa shape index (κ3) is 9.39. The highest BCUT2D eigenvalue weighted by Crippen LogP contribution is 2.37. The number of hydrogen-bond donors (Lipinski definition) is 4. The summed E-state index contributed by atoms with van der Waals surface area (Å²) in [6.07, 6.45) is 5.79. The second-order valence-electron chi connectivity index (χ2n) is 10.9. The average molecular weight is 687 g/mol. The number of rotatable bonds is 14. The zero-order valence-electron chi connectivity index (χ0n) is 23.9. The molecule has 11 heteroatoms. The van der Waals surface area contributed by atoms with Crippen LogP contribution in [0, 0.1) is 9.49 Å². The van der Waals surface area contributed by atoms with Gasteiger partial charge in [-0.3, -0.25) is 9.59 Å². The Balaban J connectivity index is 1.97. The Hall–Kier alpha value is -2.22. The number of aliphatic hydroxyl groups is 3. The Morgan fingerprint density at radius 3 is 2.49 bits per heavy atom. The zero-order chi connectivity index (χ0) is 29.9. The maximum absolute atomic E-state index is 13.6. The molecule has 0 bridgehead atoms. The maximum atomic E-state index is 13.6. The normalized spacial score (nSPS) is 21.1. The van der Waals surface area contributed by atoms with Crippen LogP contribution in [0.15, 0.2) is 23.8 Å². The second-order valence-corrected chi connectivity index (χ2v) is 12.1. The molecule has 228 valence electrons. The summed E-state index contributed by atoms with van der Waals surface area (Å²) in [5, 5.41) is 33.2. The van der Waals surface area contributed by atoms with E-state index in [2.05, 4.69) is 27.9 Å². The van der Waals surface area contributed by atoms with Gasteiger partial charge in [-0.05, 0) is 78.5 Å². The topological polar surface area (TPSA) is 146 Å². The first-order valence-electron chi connectivity index (χ1n) is 14.4. The monoisotopic (exact) mass is 686 g/mol. The van der Waals surface area contributed by atoms with Gasteiger partial charge >= 0.3 is 0 Å². The van der Waals surface area contributed by atoms with E-state index in [-0.39, 0.29) is 50.2 Å². The van der Waals surface area contributed by atoms with Crippen molar-refractivity contribution in [2.45, 2.75) is 89.6 Å². The Bertz CT molecular complexity index is 1090. The van der Waals surface area contributed by atoms with Gasteiger partial charge in [-0.1, -0.05) is 19.3 Å².